The summed E-state index contributed by atoms with van der Waals surface area (Å²) in [6.07, 6.45) is 2.01. The maximum absolute atomic E-state index is 12.3. The molecule has 0 aromatic heterocycles. The number of methoxy groups -OCH3 is 1. The van der Waals surface area contributed by atoms with Crippen LogP contribution >= 0.6 is 0 Å². The van der Waals surface area contributed by atoms with Gasteiger partial charge in [-0.1, -0.05) is 38.1 Å². The molecule has 28 heavy (non-hydrogen) atoms. The molecule has 0 aliphatic heterocycles. The lowest BCUT2D eigenvalue weighted by Gasteiger charge is -2.17. The first-order chi connectivity index (χ1) is 13.4. The van der Waals surface area contributed by atoms with Crippen molar-refractivity contribution >= 4 is 11.6 Å². The molecule has 2 aromatic carbocycles. The van der Waals surface area contributed by atoms with Gasteiger partial charge in [0.15, 0.2) is 11.5 Å². The zero-order valence-electron chi connectivity index (χ0n) is 17.3. The van der Waals surface area contributed by atoms with Crippen LogP contribution in [0.4, 0.5) is 5.69 Å². The van der Waals surface area contributed by atoms with Crippen molar-refractivity contribution < 1.29 is 14.3 Å². The number of hydrogen-bond donors (Lipinski definition) is 2. The number of ether oxygens (including phenoxy) is 2. The van der Waals surface area contributed by atoms with Gasteiger partial charge in [-0.25, -0.2) is 0 Å². The molecule has 3 N–H and O–H groups in total. The molecule has 0 saturated heterocycles. The Hall–Kier alpha value is -2.69. The summed E-state index contributed by atoms with van der Waals surface area (Å²) < 4.78 is 11.3. The lowest BCUT2D eigenvalue weighted by molar-refractivity contribution is -0.121. The molecule has 0 aliphatic carbocycles. The average molecular weight is 385 g/mol. The number of para-hydroxylation sites is 1. The smallest absolute Gasteiger partial charge is 0.220 e. The van der Waals surface area contributed by atoms with Gasteiger partial charge in [0.1, 0.15) is 0 Å². The van der Waals surface area contributed by atoms with Crippen molar-refractivity contribution in [3.05, 3.63) is 53.6 Å². The second-order valence-corrected chi connectivity index (χ2v) is 7.43. The van der Waals surface area contributed by atoms with E-state index in [4.69, 9.17) is 15.2 Å². The average Bonchev–Trinajstić information content (AvgIpc) is 2.67. The zero-order valence-corrected chi connectivity index (χ0v) is 17.3. The van der Waals surface area contributed by atoms with Crippen LogP contribution in [0.3, 0.4) is 0 Å². The third-order valence-electron chi connectivity index (χ3n) is 4.69. The molecule has 0 bridgehead atoms. The monoisotopic (exact) mass is 384 g/mol. The van der Waals surface area contributed by atoms with Gasteiger partial charge in [0.2, 0.25) is 5.91 Å². The first kappa shape index (κ1) is 21.6. The fourth-order valence-corrected chi connectivity index (χ4v) is 2.88. The number of nitrogens with two attached hydrogens (primary N) is 1. The Morgan fingerprint density at radius 1 is 1.11 bits per heavy atom. The van der Waals surface area contributed by atoms with Gasteiger partial charge in [-0.2, -0.15) is 0 Å². The number of aryl methyl sites for hydroxylation is 1. The minimum atomic E-state index is -0.126. The Morgan fingerprint density at radius 2 is 1.86 bits per heavy atom. The molecule has 5 heteroatoms. The van der Waals surface area contributed by atoms with Crippen molar-refractivity contribution in [1.29, 1.82) is 0 Å². The van der Waals surface area contributed by atoms with Crippen molar-refractivity contribution in [2.24, 2.45) is 5.92 Å². The Bertz CT molecular complexity index is 774. The second kappa shape index (κ2) is 10.6. The number of carbonyl (C=O) groups is 1. The van der Waals surface area contributed by atoms with Crippen LogP contribution in [0.5, 0.6) is 11.5 Å². The number of carbonyl (C=O) groups excluding carboxylic acids is 1. The van der Waals surface area contributed by atoms with E-state index < -0.39 is 0 Å². The van der Waals surface area contributed by atoms with Crippen LogP contribution < -0.4 is 20.5 Å². The summed E-state index contributed by atoms with van der Waals surface area (Å²) in [6, 6.07) is 13.3. The van der Waals surface area contributed by atoms with Crippen molar-refractivity contribution in [1.82, 2.24) is 5.32 Å². The van der Waals surface area contributed by atoms with Gasteiger partial charge in [0, 0.05) is 12.1 Å². The molecule has 1 atom stereocenters. The molecule has 0 radical (unpaired) electrons. The van der Waals surface area contributed by atoms with Crippen LogP contribution in [0.1, 0.15) is 50.8 Å². The van der Waals surface area contributed by atoms with E-state index in [9.17, 15) is 4.79 Å². The van der Waals surface area contributed by atoms with Gasteiger partial charge < -0.3 is 20.5 Å². The Labute approximate surface area is 168 Å². The summed E-state index contributed by atoms with van der Waals surface area (Å²) >= 11 is 0. The predicted molar refractivity (Wildman–Crippen MR) is 114 cm³/mol. The Kier molecular flexibility index (Phi) is 8.18. The first-order valence-corrected chi connectivity index (χ1v) is 9.84. The molecule has 1 amide bonds. The van der Waals surface area contributed by atoms with Crippen molar-refractivity contribution in [3.8, 4) is 11.5 Å². The maximum Gasteiger partial charge on any atom is 0.220 e. The number of rotatable bonds is 10. The number of benzene rings is 2. The second-order valence-electron chi connectivity index (χ2n) is 7.43. The molecule has 1 unspecified atom stereocenters. The summed E-state index contributed by atoms with van der Waals surface area (Å²) in [7, 11) is 1.63. The normalized spacial score (nSPS) is 11.9. The molecule has 0 spiro atoms. The molecule has 0 fully saturated rings. The summed E-state index contributed by atoms with van der Waals surface area (Å²) in [6.45, 7) is 6.95. The van der Waals surface area contributed by atoms with Crippen LogP contribution in [0.2, 0.25) is 0 Å². The topological polar surface area (TPSA) is 73.6 Å². The standard InChI is InChI=1S/C23H32N2O3/c1-16(2)13-14-28-21-11-9-19(15-22(21)27-4)17(3)25-23(26)12-10-18-7-5-6-8-20(18)24/h5-9,11,15-17H,10,12-14,24H2,1-4H3,(H,25,26). The molecule has 5 nitrogen and oxygen atoms in total. The van der Waals surface area contributed by atoms with E-state index in [1.54, 1.807) is 7.11 Å². The summed E-state index contributed by atoms with van der Waals surface area (Å²) in [5.41, 5.74) is 8.63. The number of nitrogens with one attached hydrogen (secondary N) is 1. The van der Waals surface area contributed by atoms with E-state index in [2.05, 4.69) is 19.2 Å². The third kappa shape index (κ3) is 6.48. The van der Waals surface area contributed by atoms with Crippen LogP contribution in [-0.4, -0.2) is 19.6 Å². The highest BCUT2D eigenvalue weighted by molar-refractivity contribution is 5.77. The minimum Gasteiger partial charge on any atom is -0.493 e. The highest BCUT2D eigenvalue weighted by Crippen LogP contribution is 2.30. The Morgan fingerprint density at radius 3 is 2.54 bits per heavy atom. The van der Waals surface area contributed by atoms with E-state index in [0.29, 0.717) is 31.1 Å². The lowest BCUT2D eigenvalue weighted by Crippen LogP contribution is -2.26. The summed E-state index contributed by atoms with van der Waals surface area (Å²) in [5, 5.41) is 3.04. The molecule has 2 aromatic rings. The van der Waals surface area contributed by atoms with Gasteiger partial charge in [-0.3, -0.25) is 4.79 Å². The van der Waals surface area contributed by atoms with E-state index in [0.717, 1.165) is 29.0 Å². The zero-order chi connectivity index (χ0) is 20.5. The van der Waals surface area contributed by atoms with E-state index >= 15 is 0 Å². The highest BCUT2D eigenvalue weighted by atomic mass is 16.5. The van der Waals surface area contributed by atoms with Crippen LogP contribution in [0.25, 0.3) is 0 Å². The summed E-state index contributed by atoms with van der Waals surface area (Å²) in [4.78, 5) is 12.3. The SMILES string of the molecule is COc1cc(C(C)NC(=O)CCc2ccccc2N)ccc1OCCC(C)C. The van der Waals surface area contributed by atoms with E-state index in [-0.39, 0.29) is 11.9 Å². The fourth-order valence-electron chi connectivity index (χ4n) is 2.88. The van der Waals surface area contributed by atoms with Gasteiger partial charge in [-0.05, 0) is 55.0 Å². The molecule has 0 aliphatic rings. The molecule has 0 heterocycles. The molecular formula is C23H32N2O3. The van der Waals surface area contributed by atoms with Crippen LogP contribution in [0.15, 0.2) is 42.5 Å². The van der Waals surface area contributed by atoms with E-state index in [1.165, 1.54) is 0 Å². The number of anilines is 1. The van der Waals surface area contributed by atoms with Crippen molar-refractivity contribution in [2.45, 2.75) is 46.1 Å². The largest absolute Gasteiger partial charge is 0.493 e. The molecular weight excluding hydrogens is 352 g/mol. The van der Waals surface area contributed by atoms with Crippen LogP contribution in [-0.2, 0) is 11.2 Å². The molecule has 0 saturated carbocycles. The third-order valence-corrected chi connectivity index (χ3v) is 4.69. The Balaban J connectivity index is 1.92. The predicted octanol–water partition coefficient (Wildman–Crippen LogP) is 4.51. The first-order valence-electron chi connectivity index (χ1n) is 9.84. The van der Waals surface area contributed by atoms with Gasteiger partial charge >= 0.3 is 0 Å². The van der Waals surface area contributed by atoms with Crippen molar-refractivity contribution in [3.63, 3.8) is 0 Å². The number of amides is 1. The quantitative estimate of drug-likeness (QED) is 0.591. The number of nitrogen functional groups attached to an aromatic ring is 1. The molecule has 152 valence electrons. The van der Waals surface area contributed by atoms with Gasteiger partial charge in [0.05, 0.1) is 19.8 Å². The highest BCUT2D eigenvalue weighted by Gasteiger charge is 2.13. The minimum absolute atomic E-state index is 0.00743. The van der Waals surface area contributed by atoms with Crippen molar-refractivity contribution in [2.75, 3.05) is 19.5 Å². The fraction of sp³-hybridized carbons (Fsp3) is 0.435. The lowest BCUT2D eigenvalue weighted by atomic mass is 10.1. The summed E-state index contributed by atoms with van der Waals surface area (Å²) in [5.74, 6) is 1.99. The number of hydrogen-bond acceptors (Lipinski definition) is 4. The van der Waals surface area contributed by atoms with Gasteiger partial charge in [0.25, 0.3) is 0 Å². The van der Waals surface area contributed by atoms with Crippen LogP contribution in [0, 0.1) is 5.92 Å². The van der Waals surface area contributed by atoms with E-state index in [1.807, 2.05) is 49.4 Å². The van der Waals surface area contributed by atoms with Gasteiger partial charge in [-0.15, -0.1) is 0 Å². The maximum atomic E-state index is 12.3. The molecule has 2 rings (SSSR count).